The highest BCUT2D eigenvalue weighted by Crippen LogP contribution is 2.21. The van der Waals surface area contributed by atoms with Gasteiger partial charge in [0.25, 0.3) is 5.91 Å². The van der Waals surface area contributed by atoms with E-state index in [9.17, 15) is 38.4 Å². The van der Waals surface area contributed by atoms with Gasteiger partial charge in [0.2, 0.25) is 35.9 Å². The molecule has 60 heavy (non-hydrogen) atoms. The Hall–Kier alpha value is -5.26. The van der Waals surface area contributed by atoms with Crippen molar-refractivity contribution in [3.8, 4) is 5.75 Å². The smallest absolute Gasteiger partial charge is 0.329 e. The van der Waals surface area contributed by atoms with Crippen molar-refractivity contribution in [2.24, 2.45) is 23.7 Å². The number of cyclic esters (lactones) is 1. The summed E-state index contributed by atoms with van der Waals surface area (Å²) in [4.78, 5) is 112. The Labute approximate surface area is 353 Å². The van der Waals surface area contributed by atoms with Gasteiger partial charge in [0.1, 0.15) is 54.1 Å². The minimum atomic E-state index is -1.62. The third kappa shape index (κ3) is 12.9. The Morgan fingerprint density at radius 2 is 1.52 bits per heavy atom. The lowest BCUT2D eigenvalue weighted by atomic mass is 9.97. The first-order valence-electron chi connectivity index (χ1n) is 20.8. The molecule has 2 aliphatic rings. The summed E-state index contributed by atoms with van der Waals surface area (Å²) in [6.45, 7) is 15.8. The van der Waals surface area contributed by atoms with Crippen molar-refractivity contribution in [1.29, 1.82) is 0 Å². The third-order valence-electron chi connectivity index (χ3n) is 10.8. The van der Waals surface area contributed by atoms with Crippen LogP contribution in [0.1, 0.15) is 87.1 Å². The van der Waals surface area contributed by atoms with Crippen molar-refractivity contribution in [2.45, 2.75) is 136 Å². The molecule has 7 amide bonds. The SMILES string of the molecule is COc1ccc(C[C@@H]2NC(=O)[C@@H](NC(=O)[C@@H](NC=O)C(C)C)[C@@H](C)OC(=O)[C@H](C(C)C)N(C)C(=O)[C@H](CC(C)C)NC(=O)[C@@H]3CCCNN3C(=O)[C@@H](C(C)C)NC2=O)cc1. The highest BCUT2D eigenvalue weighted by molar-refractivity contribution is 5.98. The van der Waals surface area contributed by atoms with E-state index in [1.807, 2.05) is 13.8 Å². The quantitative estimate of drug-likeness (QED) is 0.126. The third-order valence-corrected chi connectivity index (χ3v) is 10.8. The van der Waals surface area contributed by atoms with Crippen LogP contribution >= 0.6 is 0 Å². The highest BCUT2D eigenvalue weighted by Gasteiger charge is 2.43. The number of amides is 7. The summed E-state index contributed by atoms with van der Waals surface area (Å²) in [6.07, 6.45) is -0.0926. The summed E-state index contributed by atoms with van der Waals surface area (Å²) in [5.74, 6) is -6.02. The number of esters is 1. The van der Waals surface area contributed by atoms with E-state index in [2.05, 4.69) is 32.0 Å². The number of carbonyl (C=O) groups is 8. The van der Waals surface area contributed by atoms with E-state index in [4.69, 9.17) is 9.47 Å². The minimum absolute atomic E-state index is 0.0707. The molecule has 18 heteroatoms. The average Bonchev–Trinajstić information content (AvgIpc) is 3.18. The molecule has 8 atom stereocenters. The summed E-state index contributed by atoms with van der Waals surface area (Å²) >= 11 is 0. The Bertz CT molecular complexity index is 1690. The van der Waals surface area contributed by atoms with E-state index in [1.54, 1.807) is 65.8 Å². The van der Waals surface area contributed by atoms with Crippen LogP contribution in [0.25, 0.3) is 0 Å². The van der Waals surface area contributed by atoms with Crippen molar-refractivity contribution >= 4 is 47.8 Å². The van der Waals surface area contributed by atoms with Gasteiger partial charge in [-0.15, -0.1) is 0 Å². The van der Waals surface area contributed by atoms with Crippen LogP contribution in [-0.4, -0.2) is 127 Å². The second kappa shape index (κ2) is 22.4. The van der Waals surface area contributed by atoms with E-state index in [1.165, 1.54) is 31.0 Å². The molecule has 0 saturated carbocycles. The average molecular weight is 843 g/mol. The molecule has 1 aromatic carbocycles. The van der Waals surface area contributed by atoms with Crippen molar-refractivity contribution in [2.75, 3.05) is 20.7 Å². The van der Waals surface area contributed by atoms with Crippen LogP contribution < -0.4 is 36.7 Å². The van der Waals surface area contributed by atoms with Crippen molar-refractivity contribution in [3.63, 3.8) is 0 Å². The standard InChI is InChI=1S/C42H66N8O10/c1-22(2)19-30-40(56)49(10)35(25(7)8)42(58)60-26(9)34(48-38(54)32(23(3)4)43-21-51)39(55)45-29(20-27-14-16-28(59-11)17-15-27)36(52)47-33(24(5)6)41(57)50-31(37(53)46-30)13-12-18-44-50/h14-17,21-26,29-35,44H,12-13,18-20H2,1-11H3,(H,43,51)(H,45,55)(H,46,53)(H,47,52)(H,48,54)/t26-,29+,30+,31+,32+,33-,34+,35+/m1/s1. The van der Waals surface area contributed by atoms with Crippen molar-refractivity contribution < 1.29 is 47.8 Å². The van der Waals surface area contributed by atoms with Crippen LogP contribution in [0.15, 0.2) is 24.3 Å². The van der Waals surface area contributed by atoms with E-state index in [-0.39, 0.29) is 25.2 Å². The molecule has 2 heterocycles. The predicted octanol–water partition coefficient (Wildman–Crippen LogP) is 0.574. The highest BCUT2D eigenvalue weighted by atomic mass is 16.5. The van der Waals surface area contributed by atoms with Crippen molar-refractivity contribution in [1.82, 2.24) is 41.9 Å². The van der Waals surface area contributed by atoms with Gasteiger partial charge in [-0.1, -0.05) is 67.5 Å². The molecule has 1 aromatic rings. The number of nitrogens with zero attached hydrogens (tertiary/aromatic N) is 2. The monoisotopic (exact) mass is 842 g/mol. The molecular weight excluding hydrogens is 777 g/mol. The molecule has 334 valence electrons. The maximum absolute atomic E-state index is 14.5. The van der Waals surface area contributed by atoms with Gasteiger partial charge in [-0.05, 0) is 67.6 Å². The zero-order chi connectivity index (χ0) is 45.0. The summed E-state index contributed by atoms with van der Waals surface area (Å²) in [5.41, 5.74) is 3.63. The molecule has 0 aromatic heterocycles. The van der Waals surface area contributed by atoms with Crippen molar-refractivity contribution in [3.05, 3.63) is 29.8 Å². The summed E-state index contributed by atoms with van der Waals surface area (Å²) in [7, 11) is 2.93. The molecule has 2 aliphatic heterocycles. The van der Waals surface area contributed by atoms with Crippen LogP contribution in [0.5, 0.6) is 5.75 Å². The second-order valence-corrected chi connectivity index (χ2v) is 17.1. The zero-order valence-electron chi connectivity index (χ0n) is 36.8. The maximum atomic E-state index is 14.5. The number of carbonyl (C=O) groups excluding carboxylic acids is 8. The predicted molar refractivity (Wildman–Crippen MR) is 221 cm³/mol. The lowest BCUT2D eigenvalue weighted by Gasteiger charge is -2.39. The first-order chi connectivity index (χ1) is 28.2. The van der Waals surface area contributed by atoms with Gasteiger partial charge in [0.15, 0.2) is 0 Å². The number of hydrogen-bond acceptors (Lipinski definition) is 11. The number of ether oxygens (including phenoxy) is 2. The first kappa shape index (κ1) is 49.1. The summed E-state index contributed by atoms with van der Waals surface area (Å²) in [5, 5.41) is 14.7. The van der Waals surface area contributed by atoms with Gasteiger partial charge >= 0.3 is 5.97 Å². The van der Waals surface area contributed by atoms with Gasteiger partial charge in [0.05, 0.1) is 7.11 Å². The number of likely N-dealkylation sites (N-methyl/N-ethyl adjacent to an activating group) is 1. The van der Waals surface area contributed by atoms with Crippen LogP contribution in [0.3, 0.4) is 0 Å². The van der Waals surface area contributed by atoms with E-state index in [0.717, 1.165) is 0 Å². The molecular formula is C42H66N8O10. The van der Waals surface area contributed by atoms with Crippen LogP contribution in [0.2, 0.25) is 0 Å². The van der Waals surface area contributed by atoms with E-state index < -0.39 is 108 Å². The summed E-state index contributed by atoms with van der Waals surface area (Å²) < 4.78 is 11.2. The largest absolute Gasteiger partial charge is 0.497 e. The molecule has 0 spiro atoms. The molecule has 6 N–H and O–H groups in total. The topological polar surface area (TPSA) is 234 Å². The van der Waals surface area contributed by atoms with Gasteiger partial charge in [-0.3, -0.25) is 38.6 Å². The lowest BCUT2D eigenvalue weighted by molar-refractivity contribution is -0.163. The Morgan fingerprint density at radius 3 is 2.07 bits per heavy atom. The zero-order valence-corrected chi connectivity index (χ0v) is 36.8. The molecule has 2 fully saturated rings. The van der Waals surface area contributed by atoms with E-state index >= 15 is 0 Å². The van der Waals surface area contributed by atoms with Gasteiger partial charge in [-0.2, -0.15) is 0 Å². The Kier molecular flexibility index (Phi) is 18.3. The fourth-order valence-corrected chi connectivity index (χ4v) is 7.42. The molecule has 2 saturated heterocycles. The number of nitrogens with one attached hydrogen (secondary N) is 6. The molecule has 18 nitrogen and oxygen atoms in total. The number of rotatable bonds is 12. The molecule has 3 rings (SSSR count). The molecule has 0 unspecified atom stereocenters. The number of benzene rings is 1. The van der Waals surface area contributed by atoms with Gasteiger partial charge in [0, 0.05) is 20.0 Å². The number of hydrogen-bond donors (Lipinski definition) is 6. The molecule has 0 aliphatic carbocycles. The van der Waals surface area contributed by atoms with Crippen LogP contribution in [0.4, 0.5) is 0 Å². The lowest BCUT2D eigenvalue weighted by Crippen LogP contribution is -2.66. The number of hydrazine groups is 1. The molecule has 0 bridgehead atoms. The van der Waals surface area contributed by atoms with E-state index in [0.29, 0.717) is 30.7 Å². The van der Waals surface area contributed by atoms with Crippen LogP contribution in [-0.2, 0) is 49.5 Å². The van der Waals surface area contributed by atoms with Gasteiger partial charge in [-0.25, -0.2) is 10.2 Å². The number of fused-ring (bicyclic) bond motifs is 1. The van der Waals surface area contributed by atoms with Gasteiger partial charge < -0.3 is 41.0 Å². The number of methoxy groups -OCH3 is 1. The second-order valence-electron chi connectivity index (χ2n) is 17.1. The normalized spacial score (nSPS) is 25.9. The molecule has 0 radical (unpaired) electrons. The summed E-state index contributed by atoms with van der Waals surface area (Å²) in [6, 6.07) is -1.81. The van der Waals surface area contributed by atoms with Crippen LogP contribution in [0, 0.1) is 23.7 Å². The minimum Gasteiger partial charge on any atom is -0.497 e. The maximum Gasteiger partial charge on any atom is 0.329 e. The fourth-order valence-electron chi connectivity index (χ4n) is 7.42. The fraction of sp³-hybridized carbons (Fsp3) is 0.667. The Balaban J connectivity index is 2.24. The first-order valence-corrected chi connectivity index (χ1v) is 20.8. The Morgan fingerprint density at radius 1 is 0.883 bits per heavy atom.